The second-order valence-electron chi connectivity index (χ2n) is 5.44. The standard InChI is InChI=1S/C12H12N2O2.3Mo.4H3O4P/c1-2-9(11-13-4-6-15-11)8-10(3-1)12-14-5-7-16-12;;;;4*1-5(2,3)4/h1-3,8H,4-7H2;;;;4*(H3,1,2,3,4)/q;3*+4;;;;/p-12. The van der Waals surface area contributed by atoms with Crippen molar-refractivity contribution in [2.75, 3.05) is 26.3 Å². The van der Waals surface area contributed by atoms with E-state index in [1.165, 1.54) is 0 Å². The average Bonchev–Trinajstić information content (AvgIpc) is 3.30. The molecule has 0 atom stereocenters. The van der Waals surface area contributed by atoms with Gasteiger partial charge in [0.2, 0.25) is 11.8 Å². The summed E-state index contributed by atoms with van der Waals surface area (Å²) >= 11 is 0. The molecule has 0 amide bonds. The summed E-state index contributed by atoms with van der Waals surface area (Å²) < 4.78 is 45.0. The maximum atomic E-state index is 8.55. The van der Waals surface area contributed by atoms with Crippen LogP contribution in [-0.4, -0.2) is 38.1 Å². The number of hydrogen-bond donors (Lipinski definition) is 0. The Hall–Kier alpha value is 0.665. The number of ether oxygens (including phenoxy) is 2. The molecule has 0 saturated carbocycles. The first-order chi connectivity index (χ1) is 15.9. The van der Waals surface area contributed by atoms with E-state index in [0.29, 0.717) is 13.2 Å². The third-order valence-corrected chi connectivity index (χ3v) is 2.53. The Morgan fingerprint density at radius 1 is 0.538 bits per heavy atom. The minimum absolute atomic E-state index is 0. The molecule has 1 aromatic carbocycles. The van der Waals surface area contributed by atoms with Crippen LogP contribution in [0.2, 0.25) is 0 Å². The second kappa shape index (κ2) is 23.2. The van der Waals surface area contributed by atoms with E-state index >= 15 is 0 Å². The van der Waals surface area contributed by atoms with E-state index in [9.17, 15) is 0 Å². The van der Waals surface area contributed by atoms with Crippen LogP contribution in [0.4, 0.5) is 0 Å². The SMILES string of the molecule is O=P([O-])([O-])[O-].O=P([O-])([O-])[O-].O=P([O-])([O-])[O-].O=P([O-])([O-])[O-].[Mo+4].[Mo+4].[Mo+4].c1cc(C2=NCCO2)cc(C2=NCCO2)c1. The van der Waals surface area contributed by atoms with Gasteiger partial charge in [-0.15, -0.1) is 0 Å². The van der Waals surface area contributed by atoms with Gasteiger partial charge in [-0.1, -0.05) is 6.07 Å². The molecular weight excluding hydrogens is 872 g/mol. The summed E-state index contributed by atoms with van der Waals surface area (Å²) in [4.78, 5) is 111. The number of phosphoric acid groups is 4. The van der Waals surface area contributed by atoms with E-state index in [4.69, 9.17) is 86.5 Å². The van der Waals surface area contributed by atoms with Crippen molar-refractivity contribution in [2.24, 2.45) is 9.98 Å². The molecule has 1 aromatic rings. The Morgan fingerprint density at radius 2 is 0.769 bits per heavy atom. The van der Waals surface area contributed by atoms with Crippen molar-refractivity contribution in [2.45, 2.75) is 0 Å². The topological polar surface area (TPSA) is 388 Å². The van der Waals surface area contributed by atoms with Gasteiger partial charge in [-0.3, -0.25) is 0 Å². The predicted octanol–water partition coefficient (Wildman–Crippen LogP) is -10.1. The molecule has 2 aliphatic rings. The molecule has 2 heterocycles. The van der Waals surface area contributed by atoms with Crippen molar-refractivity contribution in [1.29, 1.82) is 0 Å². The molecular formula is C12H12Mo3N2O18P4. The van der Waals surface area contributed by atoms with Gasteiger partial charge in [0.05, 0.1) is 13.1 Å². The van der Waals surface area contributed by atoms with E-state index < -0.39 is 31.3 Å². The van der Waals surface area contributed by atoms with Crippen LogP contribution in [0.5, 0.6) is 0 Å². The Labute approximate surface area is 263 Å². The largest absolute Gasteiger partial charge is 4.00 e. The molecule has 0 radical (unpaired) electrons. The van der Waals surface area contributed by atoms with Gasteiger partial charge >= 0.3 is 63.2 Å². The molecule has 0 unspecified atom stereocenters. The fraction of sp³-hybridized carbons (Fsp3) is 0.333. The van der Waals surface area contributed by atoms with Gasteiger partial charge in [0, 0.05) is 11.1 Å². The first-order valence-electron chi connectivity index (χ1n) is 8.31. The fourth-order valence-corrected chi connectivity index (χ4v) is 1.80. The molecule has 3 rings (SSSR count). The van der Waals surface area contributed by atoms with Crippen LogP contribution in [0.3, 0.4) is 0 Å². The molecule has 0 bridgehead atoms. The molecule has 0 aliphatic carbocycles. The molecule has 0 saturated heterocycles. The zero-order valence-electron chi connectivity index (χ0n) is 18.4. The summed E-state index contributed by atoms with van der Waals surface area (Å²) in [6.45, 7) is 2.85. The Bertz CT molecular complexity index is 915. The van der Waals surface area contributed by atoms with Crippen molar-refractivity contribution in [3.05, 3.63) is 35.4 Å². The van der Waals surface area contributed by atoms with E-state index in [2.05, 4.69) is 9.98 Å². The molecule has 0 N–H and O–H groups in total. The summed E-state index contributed by atoms with van der Waals surface area (Å²) in [5, 5.41) is 0. The van der Waals surface area contributed by atoms with Crippen LogP contribution in [0.25, 0.3) is 0 Å². The molecule has 27 heteroatoms. The van der Waals surface area contributed by atoms with Crippen LogP contribution >= 0.6 is 31.3 Å². The minimum Gasteiger partial charge on any atom is -0.822 e. The Balaban J connectivity index is -0.000000142. The van der Waals surface area contributed by atoms with Gasteiger partial charge in [-0.05, 0) is 18.2 Å². The van der Waals surface area contributed by atoms with Crippen molar-refractivity contribution in [3.63, 3.8) is 0 Å². The van der Waals surface area contributed by atoms with E-state index in [0.717, 1.165) is 36.0 Å². The Morgan fingerprint density at radius 3 is 0.949 bits per heavy atom. The monoisotopic (exact) mass is 890 g/mol. The smallest absolute Gasteiger partial charge is 0.822 e. The van der Waals surface area contributed by atoms with Crippen LogP contribution < -0.4 is 58.7 Å². The van der Waals surface area contributed by atoms with Gasteiger partial charge in [0.15, 0.2) is 0 Å². The molecule has 20 nitrogen and oxygen atoms in total. The third kappa shape index (κ3) is 48.7. The van der Waals surface area contributed by atoms with E-state index in [1.54, 1.807) is 0 Å². The van der Waals surface area contributed by atoms with Crippen LogP contribution in [0.15, 0.2) is 34.3 Å². The Kier molecular flexibility index (Phi) is 29.3. The fourth-order valence-electron chi connectivity index (χ4n) is 1.80. The van der Waals surface area contributed by atoms with Crippen molar-refractivity contribution in [1.82, 2.24) is 0 Å². The van der Waals surface area contributed by atoms with Gasteiger partial charge < -0.3 is 86.5 Å². The number of hydrogen-bond acceptors (Lipinski definition) is 20. The summed E-state index contributed by atoms with van der Waals surface area (Å²) in [7, 11) is -21.6. The number of benzene rings is 1. The van der Waals surface area contributed by atoms with Crippen LogP contribution in [-0.2, 0) is 90.9 Å². The molecule has 216 valence electrons. The average molecular weight is 884 g/mol. The summed E-state index contributed by atoms with van der Waals surface area (Å²) in [5.74, 6) is 1.45. The molecule has 2 aliphatic heterocycles. The quantitative estimate of drug-likeness (QED) is 0.197. The van der Waals surface area contributed by atoms with Gasteiger partial charge in [-0.25, -0.2) is 9.98 Å². The number of aliphatic imine (C=N–C) groups is 2. The zero-order valence-corrected chi connectivity index (χ0v) is 28.0. The number of rotatable bonds is 2. The molecule has 0 aromatic heterocycles. The minimum atomic E-state index is -5.39. The summed E-state index contributed by atoms with van der Waals surface area (Å²) in [6.07, 6.45) is 0. The van der Waals surface area contributed by atoms with Crippen molar-refractivity contribution < 1.29 is 150 Å². The van der Waals surface area contributed by atoms with Crippen LogP contribution in [0.1, 0.15) is 11.1 Å². The van der Waals surface area contributed by atoms with Gasteiger partial charge in [0.1, 0.15) is 13.2 Å². The third-order valence-electron chi connectivity index (χ3n) is 2.53. The summed E-state index contributed by atoms with van der Waals surface area (Å²) in [5.41, 5.74) is 1.99. The van der Waals surface area contributed by atoms with Gasteiger partial charge in [-0.2, -0.15) is 31.3 Å². The van der Waals surface area contributed by atoms with Crippen molar-refractivity contribution in [3.8, 4) is 0 Å². The van der Waals surface area contributed by atoms with Crippen molar-refractivity contribution >= 4 is 43.1 Å². The second-order valence-corrected chi connectivity index (χ2v) is 9.02. The molecule has 0 fully saturated rings. The predicted molar refractivity (Wildman–Crippen MR) is 91.6 cm³/mol. The van der Waals surface area contributed by atoms with Crippen LogP contribution in [0, 0.1) is 0 Å². The number of nitrogens with zero attached hydrogens (tertiary/aromatic N) is 2. The molecule has 0 spiro atoms. The summed E-state index contributed by atoms with van der Waals surface area (Å²) in [6, 6.07) is 7.96. The maximum absolute atomic E-state index is 8.55. The maximum Gasteiger partial charge on any atom is 4.00 e. The normalized spacial score (nSPS) is 13.7. The first kappa shape index (κ1) is 49.3. The van der Waals surface area contributed by atoms with E-state index in [1.807, 2.05) is 24.3 Å². The molecule has 39 heavy (non-hydrogen) atoms. The first-order valence-corrected chi connectivity index (χ1v) is 14.2. The van der Waals surface area contributed by atoms with E-state index in [-0.39, 0.29) is 63.2 Å². The zero-order chi connectivity index (χ0) is 28.8. The van der Waals surface area contributed by atoms with Gasteiger partial charge in [0.25, 0.3) is 0 Å².